The van der Waals surface area contributed by atoms with E-state index in [9.17, 15) is 5.11 Å². The van der Waals surface area contributed by atoms with Crippen LogP contribution in [0.15, 0.2) is 25.9 Å². The first-order valence-corrected chi connectivity index (χ1v) is 6.60. The van der Waals surface area contributed by atoms with Gasteiger partial charge in [-0.25, -0.2) is 0 Å². The third-order valence-electron chi connectivity index (χ3n) is 1.99. The van der Waals surface area contributed by atoms with Crippen LogP contribution in [0.2, 0.25) is 0 Å². The first-order chi connectivity index (χ1) is 7.08. The highest BCUT2D eigenvalue weighted by Crippen LogP contribution is 2.37. The molecule has 1 unspecified atom stereocenters. The lowest BCUT2D eigenvalue weighted by Gasteiger charge is -2.05. The zero-order valence-electron chi connectivity index (χ0n) is 7.82. The molecule has 2 rings (SSSR count). The Morgan fingerprint density at radius 2 is 2.27 bits per heavy atom. The predicted octanol–water partition coefficient (Wildman–Crippen LogP) is 3.09. The van der Waals surface area contributed by atoms with Crippen molar-refractivity contribution >= 4 is 43.2 Å². The van der Waals surface area contributed by atoms with E-state index in [1.807, 2.05) is 25.4 Å². The number of aryl methyl sites for hydroxylation is 1. The number of halogens is 2. The molecular weight excluding hydrogens is 344 g/mol. The molecular formula is C9H8Br2N2OS. The lowest BCUT2D eigenvalue weighted by atomic mass is 10.1. The Kier molecular flexibility index (Phi) is 3.30. The Hall–Kier alpha value is -0.170. The Bertz CT molecular complexity index is 480. The minimum absolute atomic E-state index is 0.656. The van der Waals surface area contributed by atoms with Crippen LogP contribution in [-0.2, 0) is 7.05 Å². The van der Waals surface area contributed by atoms with Gasteiger partial charge in [-0.1, -0.05) is 0 Å². The minimum atomic E-state index is -0.678. The van der Waals surface area contributed by atoms with E-state index in [1.54, 1.807) is 4.68 Å². The molecule has 2 heterocycles. The summed E-state index contributed by atoms with van der Waals surface area (Å²) < 4.78 is 3.58. The largest absolute Gasteiger partial charge is 0.382 e. The van der Waals surface area contributed by atoms with Crippen molar-refractivity contribution in [3.8, 4) is 0 Å². The van der Waals surface area contributed by atoms with Gasteiger partial charge >= 0.3 is 0 Å². The van der Waals surface area contributed by atoms with Gasteiger partial charge in [-0.2, -0.15) is 5.10 Å². The molecule has 0 fully saturated rings. The van der Waals surface area contributed by atoms with Crippen molar-refractivity contribution < 1.29 is 5.11 Å². The summed E-state index contributed by atoms with van der Waals surface area (Å²) in [6.45, 7) is 0. The smallest absolute Gasteiger partial charge is 0.125 e. The molecule has 0 aliphatic rings. The molecule has 0 aliphatic carbocycles. The van der Waals surface area contributed by atoms with Crippen LogP contribution in [0.1, 0.15) is 17.4 Å². The lowest BCUT2D eigenvalue weighted by Crippen LogP contribution is -2.01. The second-order valence-electron chi connectivity index (χ2n) is 3.10. The van der Waals surface area contributed by atoms with Crippen LogP contribution < -0.4 is 0 Å². The molecule has 0 bridgehead atoms. The van der Waals surface area contributed by atoms with Crippen molar-refractivity contribution in [1.82, 2.24) is 9.78 Å². The molecule has 0 saturated carbocycles. The van der Waals surface area contributed by atoms with Crippen molar-refractivity contribution in [3.63, 3.8) is 0 Å². The average molecular weight is 352 g/mol. The van der Waals surface area contributed by atoms with Crippen molar-refractivity contribution in [2.75, 3.05) is 0 Å². The molecule has 0 aromatic carbocycles. The van der Waals surface area contributed by atoms with Gasteiger partial charge in [0.25, 0.3) is 0 Å². The maximum Gasteiger partial charge on any atom is 0.125 e. The molecule has 0 aliphatic heterocycles. The monoisotopic (exact) mass is 350 g/mol. The molecule has 1 N–H and O–H groups in total. The fourth-order valence-corrected chi connectivity index (χ4v) is 4.16. The number of aliphatic hydroxyl groups is 1. The van der Waals surface area contributed by atoms with Gasteiger partial charge in [-0.3, -0.25) is 4.68 Å². The van der Waals surface area contributed by atoms with Gasteiger partial charge < -0.3 is 5.11 Å². The van der Waals surface area contributed by atoms with Crippen LogP contribution >= 0.6 is 43.2 Å². The molecule has 2 aromatic rings. The predicted molar refractivity (Wildman–Crippen MR) is 67.0 cm³/mol. The van der Waals surface area contributed by atoms with Crippen LogP contribution in [0.3, 0.4) is 0 Å². The van der Waals surface area contributed by atoms with Gasteiger partial charge in [-0.05, 0) is 44.0 Å². The highest BCUT2D eigenvalue weighted by Gasteiger charge is 2.18. The van der Waals surface area contributed by atoms with E-state index in [0.717, 1.165) is 13.1 Å². The molecule has 6 heteroatoms. The molecule has 15 heavy (non-hydrogen) atoms. The second-order valence-corrected chi connectivity index (χ2v) is 6.85. The van der Waals surface area contributed by atoms with Crippen LogP contribution in [0.5, 0.6) is 0 Å². The highest BCUT2D eigenvalue weighted by atomic mass is 79.9. The summed E-state index contributed by atoms with van der Waals surface area (Å²) in [6, 6.07) is 3.71. The fourth-order valence-electron chi connectivity index (χ4n) is 1.28. The van der Waals surface area contributed by atoms with Crippen LogP contribution in [-0.4, -0.2) is 14.9 Å². The summed E-state index contributed by atoms with van der Waals surface area (Å²) in [5.41, 5.74) is 1.49. The number of aliphatic hydroxyl groups excluding tert-OH is 1. The molecule has 0 amide bonds. The van der Waals surface area contributed by atoms with Gasteiger partial charge in [0.2, 0.25) is 0 Å². The summed E-state index contributed by atoms with van der Waals surface area (Å²) >= 11 is 8.33. The van der Waals surface area contributed by atoms with Crippen LogP contribution in [0.4, 0.5) is 0 Å². The first kappa shape index (κ1) is 11.3. The number of nitrogens with zero attached hydrogens (tertiary/aromatic N) is 2. The summed E-state index contributed by atoms with van der Waals surface area (Å²) in [5.74, 6) is 0. The molecule has 3 nitrogen and oxygen atoms in total. The van der Waals surface area contributed by atoms with Crippen molar-refractivity contribution in [2.24, 2.45) is 7.05 Å². The van der Waals surface area contributed by atoms with E-state index in [4.69, 9.17) is 0 Å². The number of thiophene rings is 1. The lowest BCUT2D eigenvalue weighted by molar-refractivity contribution is 0.214. The molecule has 80 valence electrons. The zero-order valence-corrected chi connectivity index (χ0v) is 11.8. The van der Waals surface area contributed by atoms with E-state index < -0.39 is 6.10 Å². The van der Waals surface area contributed by atoms with Crippen molar-refractivity contribution in [2.45, 2.75) is 6.10 Å². The summed E-state index contributed by atoms with van der Waals surface area (Å²) in [7, 11) is 1.83. The maximum atomic E-state index is 10.1. The number of hydrogen-bond donors (Lipinski definition) is 1. The standard InChI is InChI=1S/C9H8Br2N2OS/c1-13-3-2-6(12-13)8(14)5-4-7(10)15-9(5)11/h2-4,8,14H,1H3. The van der Waals surface area contributed by atoms with Crippen molar-refractivity contribution in [3.05, 3.63) is 37.2 Å². The summed E-state index contributed by atoms with van der Waals surface area (Å²) in [6.07, 6.45) is 1.14. The quantitative estimate of drug-likeness (QED) is 0.902. The Balaban J connectivity index is 2.35. The SMILES string of the molecule is Cn1ccc(C(O)c2cc(Br)sc2Br)n1. The van der Waals surface area contributed by atoms with E-state index >= 15 is 0 Å². The van der Waals surface area contributed by atoms with Gasteiger partial charge in [0, 0.05) is 18.8 Å². The third-order valence-corrected chi connectivity index (χ3v) is 4.38. The van der Waals surface area contributed by atoms with Crippen molar-refractivity contribution in [1.29, 1.82) is 0 Å². The number of rotatable bonds is 2. The normalized spacial score (nSPS) is 13.1. The second kappa shape index (κ2) is 4.37. The molecule has 0 radical (unpaired) electrons. The van der Waals surface area contributed by atoms with Gasteiger partial charge in [0.15, 0.2) is 0 Å². The van der Waals surface area contributed by atoms with Gasteiger partial charge in [0.1, 0.15) is 6.10 Å². The van der Waals surface area contributed by atoms with Gasteiger partial charge in [-0.15, -0.1) is 11.3 Å². The highest BCUT2D eigenvalue weighted by molar-refractivity contribution is 9.12. The average Bonchev–Trinajstić information content (AvgIpc) is 2.71. The third kappa shape index (κ3) is 2.33. The van der Waals surface area contributed by atoms with E-state index in [1.165, 1.54) is 11.3 Å². The van der Waals surface area contributed by atoms with Crippen LogP contribution in [0.25, 0.3) is 0 Å². The van der Waals surface area contributed by atoms with Crippen LogP contribution in [0, 0.1) is 0 Å². The maximum absolute atomic E-state index is 10.1. The van der Waals surface area contributed by atoms with E-state index in [0.29, 0.717) is 5.69 Å². The zero-order chi connectivity index (χ0) is 11.0. The molecule has 1 atom stereocenters. The fraction of sp³-hybridized carbons (Fsp3) is 0.222. The summed E-state index contributed by atoms with van der Waals surface area (Å²) in [4.78, 5) is 0. The molecule has 0 saturated heterocycles. The Morgan fingerprint density at radius 1 is 1.53 bits per heavy atom. The van der Waals surface area contributed by atoms with Gasteiger partial charge in [0.05, 0.1) is 13.3 Å². The molecule has 0 spiro atoms. The topological polar surface area (TPSA) is 38.0 Å². The minimum Gasteiger partial charge on any atom is -0.382 e. The first-order valence-electron chi connectivity index (χ1n) is 4.20. The summed E-state index contributed by atoms with van der Waals surface area (Å²) in [5, 5.41) is 14.3. The van der Waals surface area contributed by atoms with E-state index in [-0.39, 0.29) is 0 Å². The number of aromatic nitrogens is 2. The Labute approximate surface area is 108 Å². The van der Waals surface area contributed by atoms with E-state index in [2.05, 4.69) is 37.0 Å². The number of hydrogen-bond acceptors (Lipinski definition) is 3. The molecule has 2 aromatic heterocycles. The Morgan fingerprint density at radius 3 is 2.73 bits per heavy atom.